The van der Waals surface area contributed by atoms with E-state index in [4.69, 9.17) is 8.93 Å². The zero-order chi connectivity index (χ0) is 24.7. The molecule has 0 saturated heterocycles. The van der Waals surface area contributed by atoms with Gasteiger partial charge in [-0.3, -0.25) is 0 Å². The van der Waals surface area contributed by atoms with E-state index in [1.807, 2.05) is 0 Å². The van der Waals surface area contributed by atoms with E-state index in [1.165, 1.54) is 36.4 Å². The molecule has 13 heteroatoms. The Morgan fingerprint density at radius 2 is 0.676 bits per heavy atom. The van der Waals surface area contributed by atoms with Gasteiger partial charge in [-0.25, -0.2) is 0 Å². The molecule has 3 rings (SSSR count). The molecule has 0 aromatic heterocycles. The van der Waals surface area contributed by atoms with Gasteiger partial charge in [0.1, 0.15) is 0 Å². The van der Waals surface area contributed by atoms with Gasteiger partial charge in [0.15, 0.2) is 0 Å². The minimum absolute atomic E-state index is 0.364. The van der Waals surface area contributed by atoms with Gasteiger partial charge in [0, 0.05) is 0 Å². The molecule has 3 aromatic rings. The second-order valence-electron chi connectivity index (χ2n) is 7.14. The maximum atomic E-state index is 12.6. The summed E-state index contributed by atoms with van der Waals surface area (Å²) in [7, 11) is -13.3. The van der Waals surface area contributed by atoms with Crippen molar-refractivity contribution in [3.05, 3.63) is 108 Å². The van der Waals surface area contributed by atoms with E-state index in [-0.39, 0.29) is 0 Å². The molecule has 0 atom stereocenters. The molecule has 0 unspecified atom stereocenters. The van der Waals surface area contributed by atoms with Crippen LogP contribution in [0.1, 0.15) is 16.7 Å². The molecular weight excluding hydrogens is 562 g/mol. The Kier molecular flexibility index (Phi) is 9.11. The summed E-state index contributed by atoms with van der Waals surface area (Å²) in [6.07, 6.45) is 0. The number of benzene rings is 3. The van der Waals surface area contributed by atoms with Gasteiger partial charge in [-0.05, 0) is 0 Å². The minimum atomic E-state index is -4.90. The van der Waals surface area contributed by atoms with Gasteiger partial charge < -0.3 is 0 Å². The van der Waals surface area contributed by atoms with Gasteiger partial charge in [0.05, 0.1) is 0 Å². The van der Waals surface area contributed by atoms with Crippen LogP contribution in [0.3, 0.4) is 0 Å². The van der Waals surface area contributed by atoms with Crippen LogP contribution in [-0.4, -0.2) is 42.6 Å². The molecule has 34 heavy (non-hydrogen) atoms. The van der Waals surface area contributed by atoms with Crippen LogP contribution < -0.4 is 0 Å². The van der Waals surface area contributed by atoms with Gasteiger partial charge in [0.2, 0.25) is 0 Å². The molecule has 0 heterocycles. The average Bonchev–Trinajstić information content (AvgIpc) is 2.73. The monoisotopic (exact) mass is 582 g/mol. The second kappa shape index (κ2) is 11.6. The van der Waals surface area contributed by atoms with Crippen molar-refractivity contribution in [1.29, 1.82) is 0 Å². The summed E-state index contributed by atoms with van der Waals surface area (Å²) in [5.41, 5.74) is 1.09. The summed E-state index contributed by atoms with van der Waals surface area (Å²) < 4.78 is 90.3. The molecule has 180 valence electrons. The SMILES string of the molecule is O=S(=O)(Cc1ccccc1)[O][Ga]([O]S(=O)(=O)Cc1ccccc1)[O]S(=O)(=O)Cc1ccccc1. The molecule has 3 aromatic carbocycles. The van der Waals surface area contributed by atoms with Crippen LogP contribution in [0.15, 0.2) is 91.0 Å². The second-order valence-corrected chi connectivity index (χ2v) is 16.8. The summed E-state index contributed by atoms with van der Waals surface area (Å²) in [6.45, 7) is 0. The van der Waals surface area contributed by atoms with Gasteiger partial charge >= 0.3 is 207 Å². The van der Waals surface area contributed by atoms with E-state index in [9.17, 15) is 25.3 Å². The summed E-state index contributed by atoms with van der Waals surface area (Å²) in [4.78, 5) is 0. The van der Waals surface area contributed by atoms with Crippen molar-refractivity contribution in [3.8, 4) is 0 Å². The predicted molar refractivity (Wildman–Crippen MR) is 126 cm³/mol. The molecule has 9 nitrogen and oxygen atoms in total. The molecule has 0 fully saturated rings. The van der Waals surface area contributed by atoms with Crippen molar-refractivity contribution in [2.75, 3.05) is 0 Å². The topological polar surface area (TPSA) is 130 Å². The van der Waals surface area contributed by atoms with Crippen molar-refractivity contribution in [3.63, 3.8) is 0 Å². The van der Waals surface area contributed by atoms with Crippen LogP contribution in [0.4, 0.5) is 0 Å². The van der Waals surface area contributed by atoms with Gasteiger partial charge in [0.25, 0.3) is 0 Å². The Morgan fingerprint density at radius 1 is 0.441 bits per heavy atom. The van der Waals surface area contributed by atoms with Crippen LogP contribution in [0.5, 0.6) is 0 Å². The van der Waals surface area contributed by atoms with Crippen molar-refractivity contribution in [1.82, 2.24) is 0 Å². The molecule has 0 radical (unpaired) electrons. The van der Waals surface area contributed by atoms with Gasteiger partial charge in [-0.15, -0.1) is 0 Å². The quantitative estimate of drug-likeness (QED) is 0.296. The maximum absolute atomic E-state index is 12.6. The third-order valence-corrected chi connectivity index (χ3v) is 16.1. The van der Waals surface area contributed by atoms with Crippen LogP contribution in [0.25, 0.3) is 0 Å². The van der Waals surface area contributed by atoms with Crippen molar-refractivity contribution in [2.45, 2.75) is 17.3 Å². The first-order chi connectivity index (χ1) is 16.0. The summed E-state index contributed by atoms with van der Waals surface area (Å²) in [5, 5.41) is 0. The molecule has 0 aliphatic heterocycles. The number of rotatable bonds is 12. The van der Waals surface area contributed by atoms with Crippen molar-refractivity contribution < 1.29 is 34.2 Å². The third-order valence-electron chi connectivity index (χ3n) is 4.23. The Hall–Kier alpha value is -1.97. The predicted octanol–water partition coefficient (Wildman–Crippen LogP) is 2.61. The molecule has 0 N–H and O–H groups in total. The van der Waals surface area contributed by atoms with Crippen LogP contribution in [0, 0.1) is 0 Å². The molecule has 0 aliphatic carbocycles. The van der Waals surface area contributed by atoms with Gasteiger partial charge in [-0.1, -0.05) is 0 Å². The third kappa shape index (κ3) is 9.35. The standard InChI is InChI=1S/3C7H8O3S.Ga/c3*8-11(9,10)6-7-4-2-1-3-5-7;/h3*1-5H,6H2,(H,8,9,10);/q;;;+3/p-3. The van der Waals surface area contributed by atoms with E-state index in [1.54, 1.807) is 54.6 Å². The first-order valence-corrected chi connectivity index (χ1v) is 17.6. The first-order valence-electron chi connectivity index (χ1n) is 9.87. The van der Waals surface area contributed by atoms with E-state index in [0.29, 0.717) is 16.7 Å². The van der Waals surface area contributed by atoms with Crippen LogP contribution in [0.2, 0.25) is 0 Å². The molecule has 0 bridgehead atoms. The number of hydrogen-bond acceptors (Lipinski definition) is 9. The Balaban J connectivity index is 1.81. The Bertz CT molecular complexity index is 1200. The van der Waals surface area contributed by atoms with Crippen molar-refractivity contribution in [2.24, 2.45) is 0 Å². The molecule has 0 amide bonds. The van der Waals surface area contributed by atoms with E-state index in [2.05, 4.69) is 0 Å². The summed E-state index contributed by atoms with van der Waals surface area (Å²) in [6, 6.07) is 24.0. The fourth-order valence-corrected chi connectivity index (χ4v) is 13.6. The Labute approximate surface area is 206 Å². The van der Waals surface area contributed by atoms with Gasteiger partial charge in [-0.2, -0.15) is 0 Å². The van der Waals surface area contributed by atoms with E-state index >= 15 is 0 Å². The molecule has 0 saturated carbocycles. The summed E-state index contributed by atoms with van der Waals surface area (Å²) in [5.74, 6) is -1.83. The summed E-state index contributed by atoms with van der Waals surface area (Å²) >= 11 is -4.90. The van der Waals surface area contributed by atoms with Crippen LogP contribution in [-0.2, 0) is 56.5 Å². The fraction of sp³-hybridized carbons (Fsp3) is 0.143. The zero-order valence-electron chi connectivity index (χ0n) is 17.8. The molecular formula is C21H21GaO9S3. The van der Waals surface area contributed by atoms with Crippen LogP contribution >= 0.6 is 0 Å². The van der Waals surface area contributed by atoms with E-state index in [0.717, 1.165) is 0 Å². The Morgan fingerprint density at radius 3 is 0.912 bits per heavy atom. The molecule has 0 spiro atoms. The normalized spacial score (nSPS) is 12.4. The zero-order valence-corrected chi connectivity index (χ0v) is 22.6. The molecule has 0 aliphatic rings. The number of hydrogen-bond donors (Lipinski definition) is 0. The first kappa shape index (κ1) is 26.6. The fourth-order valence-electron chi connectivity index (χ4n) is 2.84. The van der Waals surface area contributed by atoms with E-state index < -0.39 is 64.9 Å². The average molecular weight is 583 g/mol. The van der Waals surface area contributed by atoms with Crippen molar-refractivity contribution >= 4 is 47.7 Å².